The monoisotopic (exact) mass is 280 g/mol. The predicted molar refractivity (Wildman–Crippen MR) is 84.3 cm³/mol. The van der Waals surface area contributed by atoms with Gasteiger partial charge in [-0.3, -0.25) is 14.9 Å². The predicted octanol–water partition coefficient (Wildman–Crippen LogP) is 2.43. The summed E-state index contributed by atoms with van der Waals surface area (Å²) in [6, 6.07) is 7.01. The van der Waals surface area contributed by atoms with Crippen molar-refractivity contribution >= 4 is 5.69 Å². The standard InChI is InChI=1S/C17H20N4/c1-2-16-13-20(7-1)8-9-21(16)17-10-15(11-19-12-17)14-3-5-18-6-4-14/h3-6,10-12,16H,1-2,7-9,13H2. The summed E-state index contributed by atoms with van der Waals surface area (Å²) in [6.45, 7) is 4.78. The van der Waals surface area contributed by atoms with Gasteiger partial charge in [0.15, 0.2) is 0 Å². The van der Waals surface area contributed by atoms with Gasteiger partial charge in [0.05, 0.1) is 11.9 Å². The van der Waals surface area contributed by atoms with Gasteiger partial charge in [-0.1, -0.05) is 0 Å². The van der Waals surface area contributed by atoms with E-state index in [-0.39, 0.29) is 0 Å². The molecule has 2 aromatic rings. The van der Waals surface area contributed by atoms with Gasteiger partial charge in [-0.2, -0.15) is 0 Å². The Balaban J connectivity index is 1.63. The highest BCUT2D eigenvalue weighted by Gasteiger charge is 2.30. The van der Waals surface area contributed by atoms with E-state index >= 15 is 0 Å². The molecule has 4 rings (SSSR count). The van der Waals surface area contributed by atoms with E-state index in [4.69, 9.17) is 0 Å². The topological polar surface area (TPSA) is 32.3 Å². The number of hydrogen-bond donors (Lipinski definition) is 0. The van der Waals surface area contributed by atoms with Gasteiger partial charge in [-0.15, -0.1) is 0 Å². The van der Waals surface area contributed by atoms with Crippen LogP contribution in [0.1, 0.15) is 12.8 Å². The summed E-state index contributed by atoms with van der Waals surface area (Å²) in [4.78, 5) is 13.7. The van der Waals surface area contributed by atoms with Crippen molar-refractivity contribution in [3.8, 4) is 11.1 Å². The van der Waals surface area contributed by atoms with Gasteiger partial charge in [-0.25, -0.2) is 0 Å². The summed E-state index contributed by atoms with van der Waals surface area (Å²) < 4.78 is 0. The summed E-state index contributed by atoms with van der Waals surface area (Å²) in [6.07, 6.45) is 10.2. The Kier molecular flexibility index (Phi) is 3.31. The minimum Gasteiger partial charge on any atom is -0.365 e. The van der Waals surface area contributed by atoms with Crippen LogP contribution >= 0.6 is 0 Å². The third-order valence-corrected chi connectivity index (χ3v) is 4.65. The first-order valence-electron chi connectivity index (χ1n) is 7.74. The number of anilines is 1. The number of pyridine rings is 2. The van der Waals surface area contributed by atoms with Crippen LogP contribution in [0.25, 0.3) is 11.1 Å². The molecule has 2 fully saturated rings. The molecule has 4 heterocycles. The van der Waals surface area contributed by atoms with E-state index in [1.54, 1.807) is 0 Å². The van der Waals surface area contributed by atoms with Crippen LogP contribution in [0.2, 0.25) is 0 Å². The molecule has 2 saturated heterocycles. The number of aromatic nitrogens is 2. The van der Waals surface area contributed by atoms with Crippen LogP contribution in [0, 0.1) is 0 Å². The van der Waals surface area contributed by atoms with Crippen molar-refractivity contribution in [2.75, 3.05) is 31.1 Å². The van der Waals surface area contributed by atoms with Crippen molar-refractivity contribution < 1.29 is 0 Å². The molecule has 0 aliphatic carbocycles. The first-order chi connectivity index (χ1) is 10.4. The van der Waals surface area contributed by atoms with Crippen molar-refractivity contribution in [3.05, 3.63) is 43.0 Å². The second-order valence-electron chi connectivity index (χ2n) is 5.96. The van der Waals surface area contributed by atoms with E-state index < -0.39 is 0 Å². The second-order valence-corrected chi connectivity index (χ2v) is 5.96. The first-order valence-corrected chi connectivity index (χ1v) is 7.74. The van der Waals surface area contributed by atoms with Gasteiger partial charge >= 0.3 is 0 Å². The Bertz CT molecular complexity index is 613. The SMILES string of the molecule is c1cc(-c2cncc(N3CCN4CCCC3C4)c2)ccn1. The lowest BCUT2D eigenvalue weighted by Crippen LogP contribution is -2.56. The van der Waals surface area contributed by atoms with Crippen LogP contribution in [-0.4, -0.2) is 47.1 Å². The van der Waals surface area contributed by atoms with E-state index in [9.17, 15) is 0 Å². The van der Waals surface area contributed by atoms with Crippen LogP contribution in [0.3, 0.4) is 0 Å². The molecule has 2 aliphatic heterocycles. The van der Waals surface area contributed by atoms with Crippen molar-refractivity contribution in [3.63, 3.8) is 0 Å². The molecule has 2 bridgehead atoms. The minimum atomic E-state index is 0.655. The number of piperidine rings is 1. The van der Waals surface area contributed by atoms with E-state index in [0.29, 0.717) is 6.04 Å². The summed E-state index contributed by atoms with van der Waals surface area (Å²) in [7, 11) is 0. The fraction of sp³-hybridized carbons (Fsp3) is 0.412. The third kappa shape index (κ3) is 2.51. The maximum absolute atomic E-state index is 4.47. The van der Waals surface area contributed by atoms with Gasteiger partial charge < -0.3 is 4.90 Å². The Hall–Kier alpha value is -1.94. The Morgan fingerprint density at radius 3 is 2.76 bits per heavy atom. The molecular weight excluding hydrogens is 260 g/mol. The molecular formula is C17H20N4. The highest BCUT2D eigenvalue weighted by atomic mass is 15.3. The number of nitrogens with zero attached hydrogens (tertiary/aromatic N) is 4. The normalized spacial score (nSPS) is 24.9. The molecule has 0 N–H and O–H groups in total. The minimum absolute atomic E-state index is 0.655. The molecule has 2 aromatic heterocycles. The maximum Gasteiger partial charge on any atom is 0.0562 e. The first kappa shape index (κ1) is 12.8. The van der Waals surface area contributed by atoms with Gasteiger partial charge in [0, 0.05) is 49.8 Å². The van der Waals surface area contributed by atoms with E-state index in [2.05, 4.69) is 25.8 Å². The van der Waals surface area contributed by atoms with E-state index in [1.807, 2.05) is 36.9 Å². The molecule has 108 valence electrons. The van der Waals surface area contributed by atoms with Crippen LogP contribution in [0.4, 0.5) is 5.69 Å². The van der Waals surface area contributed by atoms with E-state index in [0.717, 1.165) is 6.54 Å². The molecule has 4 heteroatoms. The smallest absolute Gasteiger partial charge is 0.0562 e. The maximum atomic E-state index is 4.47. The molecule has 2 aliphatic rings. The van der Waals surface area contributed by atoms with Gasteiger partial charge in [0.25, 0.3) is 0 Å². The van der Waals surface area contributed by atoms with Crippen LogP contribution in [0.15, 0.2) is 43.0 Å². The lowest BCUT2D eigenvalue weighted by Gasteiger charge is -2.46. The van der Waals surface area contributed by atoms with Crippen molar-refractivity contribution in [1.82, 2.24) is 14.9 Å². The van der Waals surface area contributed by atoms with Crippen molar-refractivity contribution in [1.29, 1.82) is 0 Å². The second kappa shape index (κ2) is 5.45. The highest BCUT2D eigenvalue weighted by Crippen LogP contribution is 2.28. The van der Waals surface area contributed by atoms with Crippen LogP contribution in [0.5, 0.6) is 0 Å². The molecule has 0 radical (unpaired) electrons. The molecule has 2 atom stereocenters. The number of fused-ring (bicyclic) bond motifs is 2. The molecule has 0 saturated carbocycles. The molecule has 0 aromatic carbocycles. The number of rotatable bonds is 2. The highest BCUT2D eigenvalue weighted by molar-refractivity contribution is 5.66. The van der Waals surface area contributed by atoms with Crippen LogP contribution in [-0.2, 0) is 0 Å². The van der Waals surface area contributed by atoms with Crippen LogP contribution < -0.4 is 4.90 Å². The van der Waals surface area contributed by atoms with Crippen molar-refractivity contribution in [2.45, 2.75) is 18.9 Å². The zero-order valence-electron chi connectivity index (χ0n) is 12.2. The molecule has 4 nitrogen and oxygen atoms in total. The zero-order chi connectivity index (χ0) is 14.1. The lowest BCUT2D eigenvalue weighted by atomic mass is 10.00. The Morgan fingerprint density at radius 2 is 1.86 bits per heavy atom. The summed E-state index contributed by atoms with van der Waals surface area (Å²) in [5, 5.41) is 0. The summed E-state index contributed by atoms with van der Waals surface area (Å²) >= 11 is 0. The zero-order valence-corrected chi connectivity index (χ0v) is 12.2. The lowest BCUT2D eigenvalue weighted by molar-refractivity contribution is 0.174. The largest absolute Gasteiger partial charge is 0.365 e. The van der Waals surface area contributed by atoms with E-state index in [1.165, 1.54) is 49.3 Å². The van der Waals surface area contributed by atoms with Crippen molar-refractivity contribution in [2.24, 2.45) is 0 Å². The van der Waals surface area contributed by atoms with Gasteiger partial charge in [-0.05, 0) is 43.1 Å². The van der Waals surface area contributed by atoms with Gasteiger partial charge in [0.1, 0.15) is 0 Å². The number of piperazine rings is 1. The number of hydrogen-bond acceptors (Lipinski definition) is 4. The average Bonchev–Trinajstić information content (AvgIpc) is 2.56. The summed E-state index contributed by atoms with van der Waals surface area (Å²) in [5.41, 5.74) is 3.62. The molecule has 0 spiro atoms. The molecule has 0 amide bonds. The Labute approximate surface area is 125 Å². The quantitative estimate of drug-likeness (QED) is 0.845. The third-order valence-electron chi connectivity index (χ3n) is 4.65. The summed E-state index contributed by atoms with van der Waals surface area (Å²) in [5.74, 6) is 0. The van der Waals surface area contributed by atoms with Gasteiger partial charge in [0.2, 0.25) is 0 Å². The molecule has 21 heavy (non-hydrogen) atoms. The molecule has 2 unspecified atom stereocenters. The fourth-order valence-electron chi connectivity index (χ4n) is 3.55. The average molecular weight is 280 g/mol. The fourth-order valence-corrected chi connectivity index (χ4v) is 3.55. The Morgan fingerprint density at radius 1 is 0.952 bits per heavy atom.